The highest BCUT2D eigenvalue weighted by atomic mass is 35.5. The molecule has 2 aliphatic rings. The van der Waals surface area contributed by atoms with E-state index in [1.165, 1.54) is 24.3 Å². The number of fused-ring (bicyclic) bond motifs is 2. The zero-order valence-electron chi connectivity index (χ0n) is 16.5. The number of aryl methyl sites for hydroxylation is 2. The standard InChI is InChI=1S/C22H25F2NO4.ClH/c23-17-1-3-19-15(9-17)5-7-21(13-26,28-19)11-25-12-22(14-27)8-6-16-10-18(24)2-4-20(16)29-22;/h1-4,9-10,25-27H,5-8,11-14H2;1H. The van der Waals surface area contributed by atoms with Gasteiger partial charge in [0.1, 0.15) is 34.3 Å². The predicted octanol–water partition coefficient (Wildman–Crippen LogP) is 2.79. The van der Waals surface area contributed by atoms with Crippen LogP contribution in [0.4, 0.5) is 8.78 Å². The van der Waals surface area contributed by atoms with Crippen LogP contribution in [0.25, 0.3) is 0 Å². The van der Waals surface area contributed by atoms with Crippen molar-refractivity contribution in [3.8, 4) is 11.5 Å². The van der Waals surface area contributed by atoms with Gasteiger partial charge in [0.05, 0.1) is 13.2 Å². The Kier molecular flexibility index (Phi) is 6.87. The normalized spacial score (nSPS) is 24.7. The van der Waals surface area contributed by atoms with Crippen LogP contribution in [0.1, 0.15) is 24.0 Å². The van der Waals surface area contributed by atoms with Gasteiger partial charge in [0.25, 0.3) is 0 Å². The third-order valence-corrected chi connectivity index (χ3v) is 5.87. The SMILES string of the molecule is Cl.OCC1(CNCC2(CO)CCc3cc(F)ccc3O2)CCc2cc(F)ccc2O1. The van der Waals surface area contributed by atoms with E-state index in [2.05, 4.69) is 5.32 Å². The third kappa shape index (κ3) is 4.54. The van der Waals surface area contributed by atoms with Crippen molar-refractivity contribution in [2.75, 3.05) is 26.3 Å². The summed E-state index contributed by atoms with van der Waals surface area (Å²) in [6, 6.07) is 8.78. The van der Waals surface area contributed by atoms with Crippen LogP contribution in [-0.2, 0) is 12.8 Å². The summed E-state index contributed by atoms with van der Waals surface area (Å²) < 4.78 is 38.9. The largest absolute Gasteiger partial charge is 0.483 e. The average Bonchev–Trinajstić information content (AvgIpc) is 2.74. The lowest BCUT2D eigenvalue weighted by molar-refractivity contribution is -0.0274. The van der Waals surface area contributed by atoms with Gasteiger partial charge >= 0.3 is 0 Å². The average molecular weight is 442 g/mol. The third-order valence-electron chi connectivity index (χ3n) is 5.87. The van der Waals surface area contributed by atoms with E-state index < -0.39 is 11.2 Å². The van der Waals surface area contributed by atoms with Crippen molar-refractivity contribution in [3.63, 3.8) is 0 Å². The highest BCUT2D eigenvalue weighted by Gasteiger charge is 2.39. The minimum atomic E-state index is -0.822. The number of benzene rings is 2. The first kappa shape index (κ1) is 22.7. The first-order valence-electron chi connectivity index (χ1n) is 9.84. The van der Waals surface area contributed by atoms with Gasteiger partial charge in [-0.15, -0.1) is 12.4 Å². The first-order chi connectivity index (χ1) is 14.0. The van der Waals surface area contributed by atoms with Crippen LogP contribution in [0.2, 0.25) is 0 Å². The van der Waals surface area contributed by atoms with Gasteiger partial charge in [0, 0.05) is 13.1 Å². The zero-order valence-corrected chi connectivity index (χ0v) is 17.3. The Hall–Kier alpha value is -1.93. The van der Waals surface area contributed by atoms with Gasteiger partial charge in [-0.1, -0.05) is 0 Å². The summed E-state index contributed by atoms with van der Waals surface area (Å²) in [5.74, 6) is 0.549. The molecule has 0 spiro atoms. The summed E-state index contributed by atoms with van der Waals surface area (Å²) in [6.07, 6.45) is 2.30. The minimum absolute atomic E-state index is 0. The van der Waals surface area contributed by atoms with Crippen LogP contribution >= 0.6 is 12.4 Å². The van der Waals surface area contributed by atoms with E-state index in [4.69, 9.17) is 9.47 Å². The van der Waals surface area contributed by atoms with Crippen molar-refractivity contribution < 1.29 is 28.5 Å². The minimum Gasteiger partial charge on any atom is -0.483 e. The Balaban J connectivity index is 0.00000256. The summed E-state index contributed by atoms with van der Waals surface area (Å²) in [7, 11) is 0. The number of hydrogen-bond acceptors (Lipinski definition) is 5. The molecule has 2 heterocycles. The molecule has 4 rings (SSSR count). The van der Waals surface area contributed by atoms with Crippen LogP contribution in [0.15, 0.2) is 36.4 Å². The maximum Gasteiger partial charge on any atom is 0.145 e. The van der Waals surface area contributed by atoms with Crippen molar-refractivity contribution in [2.45, 2.75) is 36.9 Å². The summed E-state index contributed by atoms with van der Waals surface area (Å²) in [6.45, 7) is 0.321. The van der Waals surface area contributed by atoms with Crippen LogP contribution in [-0.4, -0.2) is 47.7 Å². The van der Waals surface area contributed by atoms with E-state index in [0.717, 1.165) is 11.1 Å². The maximum absolute atomic E-state index is 13.4. The molecule has 0 radical (unpaired) electrons. The maximum atomic E-state index is 13.4. The molecule has 0 bridgehead atoms. The Morgan fingerprint density at radius 2 is 1.23 bits per heavy atom. The van der Waals surface area contributed by atoms with Gasteiger partial charge < -0.3 is 25.0 Å². The molecule has 2 aromatic rings. The quantitative estimate of drug-likeness (QED) is 0.643. The van der Waals surface area contributed by atoms with Crippen LogP contribution in [0, 0.1) is 11.6 Å². The number of aliphatic hydroxyl groups excluding tert-OH is 2. The molecule has 30 heavy (non-hydrogen) atoms. The highest BCUT2D eigenvalue weighted by molar-refractivity contribution is 5.85. The Morgan fingerprint density at radius 3 is 1.63 bits per heavy atom. The molecule has 5 nitrogen and oxygen atoms in total. The lowest BCUT2D eigenvalue weighted by Crippen LogP contribution is -2.56. The Bertz CT molecular complexity index is 828. The molecule has 2 unspecified atom stereocenters. The van der Waals surface area contributed by atoms with Crippen LogP contribution in [0.5, 0.6) is 11.5 Å². The second-order valence-corrected chi connectivity index (χ2v) is 7.99. The van der Waals surface area contributed by atoms with Gasteiger partial charge in [-0.2, -0.15) is 0 Å². The summed E-state index contributed by atoms with van der Waals surface area (Å²) in [5.41, 5.74) is -0.0605. The number of ether oxygens (including phenoxy) is 2. The lowest BCUT2D eigenvalue weighted by Gasteiger charge is -2.40. The van der Waals surface area contributed by atoms with Gasteiger partial charge in [0.15, 0.2) is 0 Å². The molecule has 0 fully saturated rings. The monoisotopic (exact) mass is 441 g/mol. The van der Waals surface area contributed by atoms with Crippen molar-refractivity contribution in [2.24, 2.45) is 0 Å². The summed E-state index contributed by atoms with van der Waals surface area (Å²) in [4.78, 5) is 0. The fourth-order valence-corrected chi connectivity index (χ4v) is 4.08. The van der Waals surface area contributed by atoms with E-state index in [0.29, 0.717) is 50.3 Å². The molecular weight excluding hydrogens is 416 g/mol. The number of aliphatic hydroxyl groups is 2. The van der Waals surface area contributed by atoms with Crippen molar-refractivity contribution in [1.29, 1.82) is 0 Å². The zero-order chi connectivity index (χ0) is 20.5. The second-order valence-electron chi connectivity index (χ2n) is 7.99. The molecule has 0 aromatic heterocycles. The van der Waals surface area contributed by atoms with Crippen molar-refractivity contribution in [3.05, 3.63) is 59.2 Å². The summed E-state index contributed by atoms with van der Waals surface area (Å²) in [5, 5.41) is 23.2. The molecule has 2 aliphatic heterocycles. The smallest absolute Gasteiger partial charge is 0.145 e. The van der Waals surface area contributed by atoms with Crippen molar-refractivity contribution >= 4 is 12.4 Å². The molecule has 8 heteroatoms. The number of halogens is 3. The highest BCUT2D eigenvalue weighted by Crippen LogP contribution is 2.35. The van der Waals surface area contributed by atoms with E-state index >= 15 is 0 Å². The van der Waals surface area contributed by atoms with E-state index in [-0.39, 0.29) is 37.3 Å². The van der Waals surface area contributed by atoms with E-state index in [9.17, 15) is 19.0 Å². The van der Waals surface area contributed by atoms with Crippen molar-refractivity contribution in [1.82, 2.24) is 5.32 Å². The Labute approximate surface area is 180 Å². The first-order valence-corrected chi connectivity index (χ1v) is 9.84. The second kappa shape index (κ2) is 9.06. The van der Waals surface area contributed by atoms with E-state index in [1.54, 1.807) is 12.1 Å². The number of nitrogens with one attached hydrogen (secondary N) is 1. The number of rotatable bonds is 6. The molecule has 0 aliphatic carbocycles. The summed E-state index contributed by atoms with van der Waals surface area (Å²) >= 11 is 0. The Morgan fingerprint density at radius 1 is 0.800 bits per heavy atom. The van der Waals surface area contributed by atoms with Gasteiger partial charge in [-0.25, -0.2) is 8.78 Å². The molecule has 0 saturated carbocycles. The molecule has 164 valence electrons. The topological polar surface area (TPSA) is 71.0 Å². The number of hydrogen-bond donors (Lipinski definition) is 3. The van der Waals surface area contributed by atoms with E-state index in [1.807, 2.05) is 0 Å². The molecular formula is C22H26ClF2NO4. The van der Waals surface area contributed by atoms with Gasteiger partial charge in [-0.3, -0.25) is 0 Å². The van der Waals surface area contributed by atoms with Crippen LogP contribution in [0.3, 0.4) is 0 Å². The lowest BCUT2D eigenvalue weighted by atomic mass is 9.89. The molecule has 3 N–H and O–H groups in total. The van der Waals surface area contributed by atoms with Crippen LogP contribution < -0.4 is 14.8 Å². The van der Waals surface area contributed by atoms with Gasteiger partial charge in [-0.05, 0) is 73.2 Å². The molecule has 2 aromatic carbocycles. The fourth-order valence-electron chi connectivity index (χ4n) is 4.08. The fraction of sp³-hybridized carbons (Fsp3) is 0.455. The van der Waals surface area contributed by atoms with Gasteiger partial charge in [0.2, 0.25) is 0 Å². The predicted molar refractivity (Wildman–Crippen MR) is 110 cm³/mol. The molecule has 0 amide bonds. The molecule has 0 saturated heterocycles. The molecule has 2 atom stereocenters.